The zero-order valence-electron chi connectivity index (χ0n) is 10.3. The first-order chi connectivity index (χ1) is 8.13. The number of rotatable bonds is 2. The van der Waals surface area contributed by atoms with E-state index in [0.717, 1.165) is 41.8 Å². The number of carbonyl (C=O) groups excluding carboxylic acids is 1. The highest BCUT2D eigenvalue weighted by Crippen LogP contribution is 2.23. The van der Waals surface area contributed by atoms with Crippen LogP contribution in [0.3, 0.4) is 0 Å². The second-order valence-electron chi connectivity index (χ2n) is 4.63. The lowest BCUT2D eigenvalue weighted by atomic mass is 10.0. The molecule has 0 saturated carbocycles. The fourth-order valence-electron chi connectivity index (χ4n) is 2.43. The van der Waals surface area contributed by atoms with E-state index in [1.165, 1.54) is 6.42 Å². The molecule has 2 heterocycles. The van der Waals surface area contributed by atoms with E-state index >= 15 is 0 Å². The highest BCUT2D eigenvalue weighted by Gasteiger charge is 2.28. The van der Waals surface area contributed by atoms with E-state index in [9.17, 15) is 4.79 Å². The summed E-state index contributed by atoms with van der Waals surface area (Å²) in [5.74, 6) is 1.65. The van der Waals surface area contributed by atoms with Crippen LogP contribution in [0.4, 0.5) is 0 Å². The Bertz CT molecular complexity index is 414. The summed E-state index contributed by atoms with van der Waals surface area (Å²) in [7, 11) is 0. The minimum Gasteiger partial charge on any atom is -0.466 e. The summed E-state index contributed by atoms with van der Waals surface area (Å²) < 4.78 is 5.44. The van der Waals surface area contributed by atoms with E-state index in [4.69, 9.17) is 4.42 Å². The molecule has 0 spiro atoms. The van der Waals surface area contributed by atoms with Gasteiger partial charge < -0.3 is 9.32 Å². The first kappa shape index (κ1) is 12.7. The van der Waals surface area contributed by atoms with Crippen LogP contribution in [0.25, 0.3) is 0 Å². The lowest BCUT2D eigenvalue weighted by Gasteiger charge is -2.34. The zero-order valence-corrected chi connectivity index (χ0v) is 11.9. The van der Waals surface area contributed by atoms with Crippen molar-refractivity contribution in [1.29, 1.82) is 0 Å². The molecule has 0 bridgehead atoms. The molecular weight excluding hydrogens is 282 g/mol. The van der Waals surface area contributed by atoms with Crippen molar-refractivity contribution in [2.75, 3.05) is 11.9 Å². The third-order valence-electron chi connectivity index (χ3n) is 3.34. The number of aryl methyl sites for hydroxylation is 2. The summed E-state index contributed by atoms with van der Waals surface area (Å²) in [6, 6.07) is 2.17. The van der Waals surface area contributed by atoms with Crippen LogP contribution in [-0.2, 0) is 0 Å². The molecule has 17 heavy (non-hydrogen) atoms. The van der Waals surface area contributed by atoms with E-state index < -0.39 is 0 Å². The molecule has 1 aliphatic heterocycles. The largest absolute Gasteiger partial charge is 0.466 e. The van der Waals surface area contributed by atoms with Gasteiger partial charge >= 0.3 is 0 Å². The topological polar surface area (TPSA) is 33.5 Å². The van der Waals surface area contributed by atoms with E-state index in [-0.39, 0.29) is 5.91 Å². The molecule has 1 fully saturated rings. The first-order valence-electron chi connectivity index (χ1n) is 6.07. The maximum atomic E-state index is 12.4. The zero-order chi connectivity index (χ0) is 12.4. The van der Waals surface area contributed by atoms with Crippen molar-refractivity contribution in [2.45, 2.75) is 39.2 Å². The summed E-state index contributed by atoms with van der Waals surface area (Å²) >= 11 is 3.50. The van der Waals surface area contributed by atoms with Crippen LogP contribution in [0.5, 0.6) is 0 Å². The fourth-order valence-corrected chi connectivity index (χ4v) is 3.10. The molecule has 0 N–H and O–H groups in total. The summed E-state index contributed by atoms with van der Waals surface area (Å²) in [6.45, 7) is 4.59. The maximum absolute atomic E-state index is 12.4. The Morgan fingerprint density at radius 2 is 2.29 bits per heavy atom. The number of nitrogens with zero attached hydrogens (tertiary/aromatic N) is 1. The monoisotopic (exact) mass is 299 g/mol. The van der Waals surface area contributed by atoms with Gasteiger partial charge in [-0.2, -0.15) is 0 Å². The predicted molar refractivity (Wildman–Crippen MR) is 70.7 cm³/mol. The standard InChI is InChI=1S/C13H18BrNO2/c1-9-7-12(10(2)17-9)13(16)15-6-4-3-5-11(15)8-14/h7,11H,3-6,8H2,1-2H3. The predicted octanol–water partition coefficient (Wildman–Crippen LogP) is 3.29. The molecule has 2 rings (SSSR count). The van der Waals surface area contributed by atoms with Gasteiger partial charge in [-0.15, -0.1) is 0 Å². The summed E-state index contributed by atoms with van der Waals surface area (Å²) in [4.78, 5) is 14.4. The Kier molecular flexibility index (Phi) is 3.92. The van der Waals surface area contributed by atoms with Crippen LogP contribution in [0.2, 0.25) is 0 Å². The van der Waals surface area contributed by atoms with Gasteiger partial charge in [0.25, 0.3) is 5.91 Å². The smallest absolute Gasteiger partial charge is 0.257 e. The van der Waals surface area contributed by atoms with Crippen molar-refractivity contribution in [3.8, 4) is 0 Å². The van der Waals surface area contributed by atoms with Crippen molar-refractivity contribution in [1.82, 2.24) is 4.90 Å². The SMILES string of the molecule is Cc1cc(C(=O)N2CCCCC2CBr)c(C)o1. The first-order valence-corrected chi connectivity index (χ1v) is 7.19. The number of likely N-dealkylation sites (tertiary alicyclic amines) is 1. The lowest BCUT2D eigenvalue weighted by molar-refractivity contribution is 0.0640. The second-order valence-corrected chi connectivity index (χ2v) is 5.28. The maximum Gasteiger partial charge on any atom is 0.257 e. The van der Waals surface area contributed by atoms with Crippen LogP contribution in [0.1, 0.15) is 41.1 Å². The van der Waals surface area contributed by atoms with Crippen molar-refractivity contribution in [3.05, 3.63) is 23.2 Å². The van der Waals surface area contributed by atoms with Crippen molar-refractivity contribution in [3.63, 3.8) is 0 Å². The molecular formula is C13H18BrNO2. The molecule has 4 heteroatoms. The Morgan fingerprint density at radius 3 is 2.88 bits per heavy atom. The number of carbonyl (C=O) groups is 1. The van der Waals surface area contributed by atoms with E-state index in [1.807, 2.05) is 24.8 Å². The third kappa shape index (κ3) is 2.57. The van der Waals surface area contributed by atoms with Gasteiger partial charge in [0.2, 0.25) is 0 Å². The highest BCUT2D eigenvalue weighted by molar-refractivity contribution is 9.09. The molecule has 3 nitrogen and oxygen atoms in total. The number of piperidine rings is 1. The number of amides is 1. The van der Waals surface area contributed by atoms with Crippen LogP contribution in [0.15, 0.2) is 10.5 Å². The number of furan rings is 1. The van der Waals surface area contributed by atoms with Gasteiger partial charge in [0, 0.05) is 17.9 Å². The molecule has 0 radical (unpaired) electrons. The lowest BCUT2D eigenvalue weighted by Crippen LogP contribution is -2.44. The second kappa shape index (κ2) is 5.25. The van der Waals surface area contributed by atoms with Gasteiger partial charge in [0.15, 0.2) is 0 Å². The minimum atomic E-state index is 0.114. The summed E-state index contributed by atoms with van der Waals surface area (Å²) in [5, 5.41) is 0.856. The van der Waals surface area contributed by atoms with Crippen LogP contribution >= 0.6 is 15.9 Å². The van der Waals surface area contributed by atoms with Crippen LogP contribution in [0, 0.1) is 13.8 Å². The van der Waals surface area contributed by atoms with Gasteiger partial charge in [0.1, 0.15) is 11.5 Å². The van der Waals surface area contributed by atoms with Crippen molar-refractivity contribution >= 4 is 21.8 Å². The molecule has 1 aromatic heterocycles. The van der Waals surface area contributed by atoms with Crippen molar-refractivity contribution < 1.29 is 9.21 Å². The number of hydrogen-bond donors (Lipinski definition) is 0. The Morgan fingerprint density at radius 1 is 1.53 bits per heavy atom. The van der Waals surface area contributed by atoms with Crippen LogP contribution < -0.4 is 0 Å². The molecule has 94 valence electrons. The van der Waals surface area contributed by atoms with Gasteiger partial charge in [-0.3, -0.25) is 4.79 Å². The van der Waals surface area contributed by atoms with Gasteiger partial charge in [-0.05, 0) is 39.2 Å². The van der Waals surface area contributed by atoms with Gasteiger partial charge in [-0.1, -0.05) is 15.9 Å². The number of alkyl halides is 1. The Hall–Kier alpha value is -0.770. The quantitative estimate of drug-likeness (QED) is 0.785. The average molecular weight is 300 g/mol. The number of hydrogen-bond acceptors (Lipinski definition) is 2. The fraction of sp³-hybridized carbons (Fsp3) is 0.615. The normalized spacial score (nSPS) is 20.6. The van der Waals surface area contributed by atoms with E-state index in [2.05, 4.69) is 15.9 Å². The number of halogens is 1. The molecule has 1 atom stereocenters. The molecule has 1 unspecified atom stereocenters. The van der Waals surface area contributed by atoms with Crippen LogP contribution in [-0.4, -0.2) is 28.7 Å². The van der Waals surface area contributed by atoms with E-state index in [1.54, 1.807) is 0 Å². The van der Waals surface area contributed by atoms with Gasteiger partial charge in [0.05, 0.1) is 5.56 Å². The third-order valence-corrected chi connectivity index (χ3v) is 4.08. The minimum absolute atomic E-state index is 0.114. The molecule has 1 saturated heterocycles. The Balaban J connectivity index is 2.21. The van der Waals surface area contributed by atoms with Gasteiger partial charge in [-0.25, -0.2) is 0 Å². The molecule has 0 aliphatic carbocycles. The highest BCUT2D eigenvalue weighted by atomic mass is 79.9. The average Bonchev–Trinajstić information content (AvgIpc) is 2.67. The summed E-state index contributed by atoms with van der Waals surface area (Å²) in [5.41, 5.74) is 0.718. The van der Waals surface area contributed by atoms with E-state index in [0.29, 0.717) is 6.04 Å². The van der Waals surface area contributed by atoms with Crippen molar-refractivity contribution in [2.24, 2.45) is 0 Å². The Labute approximate surface area is 110 Å². The summed E-state index contributed by atoms with van der Waals surface area (Å²) in [6.07, 6.45) is 3.40. The molecule has 1 amide bonds. The molecule has 1 aliphatic rings. The molecule has 1 aromatic rings. The molecule has 0 aromatic carbocycles.